The van der Waals surface area contributed by atoms with Crippen molar-refractivity contribution in [2.45, 2.75) is 4.34 Å². The molecule has 150 valence electrons. The maximum Gasteiger partial charge on any atom is 0.234 e. The molecule has 0 aliphatic carbocycles. The summed E-state index contributed by atoms with van der Waals surface area (Å²) in [6.45, 7) is 0. The molecule has 1 amide bonds. The third kappa shape index (κ3) is 5.05. The van der Waals surface area contributed by atoms with Gasteiger partial charge in [0.1, 0.15) is 0 Å². The van der Waals surface area contributed by atoms with Crippen LogP contribution in [0.4, 0.5) is 5.69 Å². The largest absolute Gasteiger partial charge is 0.324 e. The molecule has 30 heavy (non-hydrogen) atoms. The number of anilines is 1. The lowest BCUT2D eigenvalue weighted by atomic mass is 10.1. The standard InChI is InChI=1S/C23H16Cl2N2OS2/c24-17-11-12-18(25)19(13-17)26-20(28)14-29-23-27-21(15-7-3-1-4-8-15)22(30-23)16-9-5-2-6-10-16/h1-13H,14H2,(H,26,28). The molecule has 0 saturated heterocycles. The zero-order valence-electron chi connectivity index (χ0n) is 15.6. The van der Waals surface area contributed by atoms with E-state index >= 15 is 0 Å². The highest BCUT2D eigenvalue weighted by Gasteiger charge is 2.16. The Kier molecular flexibility index (Phi) is 6.75. The Balaban J connectivity index is 1.54. The summed E-state index contributed by atoms with van der Waals surface area (Å²) in [6.07, 6.45) is 0. The first-order valence-corrected chi connectivity index (χ1v) is 11.7. The molecule has 0 fully saturated rings. The maximum atomic E-state index is 12.4. The van der Waals surface area contributed by atoms with Gasteiger partial charge in [0.15, 0.2) is 4.34 Å². The van der Waals surface area contributed by atoms with Crippen LogP contribution in [0.25, 0.3) is 21.7 Å². The zero-order chi connectivity index (χ0) is 20.9. The number of rotatable bonds is 6. The molecule has 0 saturated carbocycles. The number of nitrogens with zero attached hydrogens (tertiary/aromatic N) is 1. The second kappa shape index (κ2) is 9.67. The molecule has 0 bridgehead atoms. The smallest absolute Gasteiger partial charge is 0.234 e. The van der Waals surface area contributed by atoms with Crippen LogP contribution >= 0.6 is 46.3 Å². The van der Waals surface area contributed by atoms with Crippen molar-refractivity contribution in [3.63, 3.8) is 0 Å². The molecule has 0 spiro atoms. The first-order chi connectivity index (χ1) is 14.6. The quantitative estimate of drug-likeness (QED) is 0.296. The van der Waals surface area contributed by atoms with Crippen molar-refractivity contribution in [3.05, 3.63) is 88.9 Å². The summed E-state index contributed by atoms with van der Waals surface area (Å²) < 4.78 is 0.833. The first kappa shape index (κ1) is 20.9. The van der Waals surface area contributed by atoms with Gasteiger partial charge in [-0.3, -0.25) is 4.79 Å². The fraction of sp³-hybridized carbons (Fsp3) is 0.0435. The molecule has 1 N–H and O–H groups in total. The van der Waals surface area contributed by atoms with Gasteiger partial charge in [0, 0.05) is 10.6 Å². The average molecular weight is 471 g/mol. The second-order valence-electron chi connectivity index (χ2n) is 6.35. The maximum absolute atomic E-state index is 12.4. The van der Waals surface area contributed by atoms with Gasteiger partial charge in [-0.1, -0.05) is 95.6 Å². The van der Waals surface area contributed by atoms with Gasteiger partial charge in [-0.2, -0.15) is 0 Å². The summed E-state index contributed by atoms with van der Waals surface area (Å²) in [5, 5.41) is 3.77. The molecule has 0 unspecified atom stereocenters. The third-order valence-electron chi connectivity index (χ3n) is 4.22. The molecule has 4 rings (SSSR count). The van der Waals surface area contributed by atoms with Crippen LogP contribution in [0.1, 0.15) is 0 Å². The van der Waals surface area contributed by atoms with E-state index in [4.69, 9.17) is 28.2 Å². The molecule has 1 aromatic heterocycles. The molecule has 0 radical (unpaired) electrons. The van der Waals surface area contributed by atoms with E-state index in [-0.39, 0.29) is 11.7 Å². The molecule has 0 atom stereocenters. The molecule has 3 nitrogen and oxygen atoms in total. The van der Waals surface area contributed by atoms with Gasteiger partial charge in [-0.15, -0.1) is 11.3 Å². The number of nitrogens with one attached hydrogen (secondary N) is 1. The van der Waals surface area contributed by atoms with Gasteiger partial charge >= 0.3 is 0 Å². The number of hydrogen-bond acceptors (Lipinski definition) is 4. The summed E-state index contributed by atoms with van der Waals surface area (Å²) in [4.78, 5) is 18.3. The summed E-state index contributed by atoms with van der Waals surface area (Å²) in [7, 11) is 0. The van der Waals surface area contributed by atoms with E-state index in [1.165, 1.54) is 11.8 Å². The Bertz CT molecular complexity index is 1110. The molecule has 0 aliphatic heterocycles. The molecule has 4 aromatic rings. The van der Waals surface area contributed by atoms with E-state index in [9.17, 15) is 4.79 Å². The van der Waals surface area contributed by atoms with Crippen LogP contribution in [-0.4, -0.2) is 16.6 Å². The fourth-order valence-electron chi connectivity index (χ4n) is 2.85. The van der Waals surface area contributed by atoms with E-state index in [0.717, 1.165) is 26.0 Å². The summed E-state index contributed by atoms with van der Waals surface area (Å²) in [5.74, 6) is 0.0561. The Labute approximate surface area is 193 Å². The van der Waals surface area contributed by atoms with Gasteiger partial charge in [0.05, 0.1) is 27.0 Å². The number of thiazole rings is 1. The lowest BCUT2D eigenvalue weighted by molar-refractivity contribution is -0.113. The molecule has 7 heteroatoms. The van der Waals surface area contributed by atoms with E-state index < -0.39 is 0 Å². The van der Waals surface area contributed by atoms with Gasteiger partial charge in [-0.25, -0.2) is 4.98 Å². The molecule has 1 heterocycles. The normalized spacial score (nSPS) is 10.7. The number of aromatic nitrogens is 1. The van der Waals surface area contributed by atoms with Crippen LogP contribution in [0, 0.1) is 0 Å². The highest BCUT2D eigenvalue weighted by Crippen LogP contribution is 2.40. The second-order valence-corrected chi connectivity index (χ2v) is 9.42. The van der Waals surface area contributed by atoms with Crippen molar-refractivity contribution in [2.75, 3.05) is 11.1 Å². The van der Waals surface area contributed by atoms with Gasteiger partial charge in [-0.05, 0) is 23.8 Å². The monoisotopic (exact) mass is 470 g/mol. The predicted molar refractivity (Wildman–Crippen MR) is 129 cm³/mol. The average Bonchev–Trinajstić information content (AvgIpc) is 3.20. The number of carbonyl (C=O) groups excluding carboxylic acids is 1. The van der Waals surface area contributed by atoms with Crippen LogP contribution in [0.2, 0.25) is 10.0 Å². The van der Waals surface area contributed by atoms with Crippen molar-refractivity contribution in [2.24, 2.45) is 0 Å². The summed E-state index contributed by atoms with van der Waals surface area (Å²) in [6, 6.07) is 25.2. The number of hydrogen-bond donors (Lipinski definition) is 1. The Morgan fingerprint density at radius 1 is 0.933 bits per heavy atom. The lowest BCUT2D eigenvalue weighted by Crippen LogP contribution is -2.14. The summed E-state index contributed by atoms with van der Waals surface area (Å²) >= 11 is 15.1. The number of carbonyl (C=O) groups is 1. The highest BCUT2D eigenvalue weighted by atomic mass is 35.5. The van der Waals surface area contributed by atoms with Crippen molar-refractivity contribution < 1.29 is 4.79 Å². The van der Waals surface area contributed by atoms with Crippen molar-refractivity contribution in [3.8, 4) is 21.7 Å². The molecular weight excluding hydrogens is 455 g/mol. The van der Waals surface area contributed by atoms with Gasteiger partial charge in [0.25, 0.3) is 0 Å². The highest BCUT2D eigenvalue weighted by molar-refractivity contribution is 8.01. The minimum atomic E-state index is -0.165. The van der Waals surface area contributed by atoms with Crippen LogP contribution in [0.5, 0.6) is 0 Å². The van der Waals surface area contributed by atoms with E-state index in [1.807, 2.05) is 48.5 Å². The van der Waals surface area contributed by atoms with Crippen LogP contribution < -0.4 is 5.32 Å². The predicted octanol–water partition coefficient (Wildman–Crippen LogP) is 7.51. The summed E-state index contributed by atoms with van der Waals surface area (Å²) in [5.41, 5.74) is 3.59. The number of amides is 1. The Morgan fingerprint density at radius 2 is 1.60 bits per heavy atom. The van der Waals surface area contributed by atoms with Crippen LogP contribution in [0.15, 0.2) is 83.2 Å². The van der Waals surface area contributed by atoms with Crippen LogP contribution in [0.3, 0.4) is 0 Å². The van der Waals surface area contributed by atoms with Gasteiger partial charge in [0.2, 0.25) is 5.91 Å². The SMILES string of the molecule is O=C(CSc1nc(-c2ccccc2)c(-c2ccccc2)s1)Nc1cc(Cl)ccc1Cl. The third-order valence-corrected chi connectivity index (χ3v) is 7.03. The molecular formula is C23H16Cl2N2OS2. The number of benzene rings is 3. The minimum absolute atomic E-state index is 0.165. The van der Waals surface area contributed by atoms with E-state index in [0.29, 0.717) is 15.7 Å². The van der Waals surface area contributed by atoms with Crippen LogP contribution in [-0.2, 0) is 4.79 Å². The topological polar surface area (TPSA) is 42.0 Å². The van der Waals surface area contributed by atoms with E-state index in [1.54, 1.807) is 29.5 Å². The van der Waals surface area contributed by atoms with Crippen molar-refractivity contribution >= 4 is 57.9 Å². The molecule has 0 aliphatic rings. The zero-order valence-corrected chi connectivity index (χ0v) is 18.8. The Hall–Kier alpha value is -2.31. The number of halogens is 2. The van der Waals surface area contributed by atoms with Crippen molar-refractivity contribution in [1.29, 1.82) is 0 Å². The fourth-order valence-corrected chi connectivity index (χ4v) is 5.15. The van der Waals surface area contributed by atoms with Crippen molar-refractivity contribution in [1.82, 2.24) is 4.98 Å². The Morgan fingerprint density at radius 3 is 2.30 bits per heavy atom. The lowest BCUT2D eigenvalue weighted by Gasteiger charge is -2.06. The molecule has 3 aromatic carbocycles. The van der Waals surface area contributed by atoms with E-state index in [2.05, 4.69) is 17.4 Å². The first-order valence-electron chi connectivity index (χ1n) is 9.09. The minimum Gasteiger partial charge on any atom is -0.324 e. The van der Waals surface area contributed by atoms with Gasteiger partial charge < -0.3 is 5.32 Å². The number of thioether (sulfide) groups is 1.